The molecule has 8 nitrogen and oxygen atoms in total. The highest BCUT2D eigenvalue weighted by atomic mass is 16.5. The number of hydrogen-bond donors (Lipinski definition) is 4. The quantitative estimate of drug-likeness (QED) is 0.0449. The standard InChI is InChI=1S/C46H55N3O5/c1-3-4-6-10-31(2)11-7-5-8-13-36(50)19-15-32-17-22-43(52)45(28-32)54-26-24-33-16-21-42(51)40(27-33)39-30-44(53)38-23-25-49-41(38)14-9-12-34-29-35(46(47)48)18-20-37(34)39/h8,13,16-18,20-23,25,27-29,31,39,46,51-53H,3-7,10-11,14-15,19,24,26,30,47-48H2,1-2H3/p-1/b13-8+,44-38?/t31-,39-/m0/s1. The van der Waals surface area contributed by atoms with Gasteiger partial charge in [0, 0.05) is 36.1 Å². The summed E-state index contributed by atoms with van der Waals surface area (Å²) in [5.74, 6) is 7.08. The molecule has 284 valence electrons. The van der Waals surface area contributed by atoms with Crippen LogP contribution in [-0.2, 0) is 17.6 Å². The average molecular weight is 729 g/mol. The van der Waals surface area contributed by atoms with Crippen molar-refractivity contribution in [3.63, 3.8) is 0 Å². The van der Waals surface area contributed by atoms with Crippen LogP contribution in [0.15, 0.2) is 95.3 Å². The molecule has 2 aliphatic rings. The highest BCUT2D eigenvalue weighted by molar-refractivity contribution is 6.06. The van der Waals surface area contributed by atoms with Crippen LogP contribution in [0.4, 0.5) is 0 Å². The van der Waals surface area contributed by atoms with Gasteiger partial charge in [-0.1, -0.05) is 94.2 Å². The van der Waals surface area contributed by atoms with Gasteiger partial charge in [-0.2, -0.15) is 0 Å². The molecule has 0 aromatic heterocycles. The summed E-state index contributed by atoms with van der Waals surface area (Å²) in [5.41, 5.74) is 17.7. The summed E-state index contributed by atoms with van der Waals surface area (Å²) in [5, 5.41) is 35.4. The third-order valence-corrected chi connectivity index (χ3v) is 10.3. The molecular weight excluding hydrogens is 675 g/mol. The number of aryl methyl sites for hydroxylation is 1. The largest absolute Gasteiger partial charge is 0.875 e. The number of carbonyl (C=O) groups is 1. The number of ketones is 1. The molecule has 3 aromatic carbocycles. The molecule has 54 heavy (non-hydrogen) atoms. The third-order valence-electron chi connectivity index (χ3n) is 10.3. The number of carbonyl (C=O) groups excluding carboxylic acids is 1. The van der Waals surface area contributed by atoms with E-state index in [9.17, 15) is 20.1 Å². The fourth-order valence-corrected chi connectivity index (χ4v) is 7.05. The SMILES string of the molecule is CCCCC[C@H](C)CCC/C=C/C(=O)CCc1ccc(O)c(OCCc2ccc(O)c([C@H]3CC([O-])=C4C=CN=C4CC#Cc4cc(C(N)N)ccc43)c2)c1. The van der Waals surface area contributed by atoms with Crippen molar-refractivity contribution in [1.29, 1.82) is 0 Å². The zero-order valence-electron chi connectivity index (χ0n) is 31.7. The monoisotopic (exact) mass is 728 g/mol. The molecule has 0 bridgehead atoms. The second-order valence-corrected chi connectivity index (χ2v) is 14.5. The average Bonchev–Trinajstić information content (AvgIpc) is 3.63. The van der Waals surface area contributed by atoms with Crippen molar-refractivity contribution in [3.8, 4) is 29.1 Å². The number of ether oxygens (including phenoxy) is 1. The molecule has 1 aliphatic heterocycles. The molecule has 5 rings (SSSR count). The first-order chi connectivity index (χ1) is 26.1. The van der Waals surface area contributed by atoms with Crippen LogP contribution in [0.1, 0.15) is 124 Å². The molecule has 0 radical (unpaired) electrons. The minimum Gasteiger partial charge on any atom is -0.875 e. The van der Waals surface area contributed by atoms with E-state index in [0.29, 0.717) is 59.4 Å². The van der Waals surface area contributed by atoms with Gasteiger partial charge in [0.05, 0.1) is 24.9 Å². The first kappa shape index (κ1) is 40.1. The molecule has 0 amide bonds. The Labute approximate surface area is 320 Å². The Morgan fingerprint density at radius 2 is 1.78 bits per heavy atom. The lowest BCUT2D eigenvalue weighted by Crippen LogP contribution is -2.21. The lowest BCUT2D eigenvalue weighted by atomic mass is 9.82. The van der Waals surface area contributed by atoms with Gasteiger partial charge in [-0.05, 0) is 95.8 Å². The zero-order chi connectivity index (χ0) is 38.5. The number of nitrogens with zero attached hydrogens (tertiary/aromatic N) is 1. The second kappa shape index (κ2) is 19.8. The van der Waals surface area contributed by atoms with E-state index in [0.717, 1.165) is 35.4 Å². The molecule has 6 N–H and O–H groups in total. The molecule has 0 spiro atoms. The Balaban J connectivity index is 1.22. The van der Waals surface area contributed by atoms with Crippen LogP contribution in [0.5, 0.6) is 17.2 Å². The molecule has 3 aromatic rings. The minimum absolute atomic E-state index is 0.0240. The van der Waals surface area contributed by atoms with Crippen molar-refractivity contribution in [1.82, 2.24) is 0 Å². The first-order valence-corrected chi connectivity index (χ1v) is 19.4. The van der Waals surface area contributed by atoms with Gasteiger partial charge in [0.1, 0.15) is 5.75 Å². The summed E-state index contributed by atoms with van der Waals surface area (Å²) in [7, 11) is 0. The van der Waals surface area contributed by atoms with E-state index < -0.39 is 12.1 Å². The summed E-state index contributed by atoms with van der Waals surface area (Å²) in [6.07, 6.45) is 16.6. The first-order valence-electron chi connectivity index (χ1n) is 19.4. The summed E-state index contributed by atoms with van der Waals surface area (Å²) in [4.78, 5) is 16.9. The number of benzene rings is 3. The smallest absolute Gasteiger partial charge is 0.161 e. The zero-order valence-corrected chi connectivity index (χ0v) is 31.7. The van der Waals surface area contributed by atoms with Crippen molar-refractivity contribution in [2.24, 2.45) is 22.4 Å². The van der Waals surface area contributed by atoms with Crippen LogP contribution in [0.2, 0.25) is 0 Å². The fourth-order valence-electron chi connectivity index (χ4n) is 7.05. The van der Waals surface area contributed by atoms with Gasteiger partial charge in [0.2, 0.25) is 0 Å². The van der Waals surface area contributed by atoms with Gasteiger partial charge in [-0.15, -0.1) is 5.76 Å². The van der Waals surface area contributed by atoms with Gasteiger partial charge in [0.25, 0.3) is 0 Å². The Kier molecular flexibility index (Phi) is 14.7. The number of aromatic hydroxyl groups is 2. The Hall–Kier alpha value is -5.10. The maximum atomic E-state index is 13.7. The molecule has 1 heterocycles. The van der Waals surface area contributed by atoms with E-state index in [1.165, 1.54) is 32.1 Å². The Morgan fingerprint density at radius 1 is 1.00 bits per heavy atom. The topological polar surface area (TPSA) is 154 Å². The molecular formula is C46H54N3O5-. The number of rotatable bonds is 18. The van der Waals surface area contributed by atoms with Gasteiger partial charge in [-0.25, -0.2) is 0 Å². The van der Waals surface area contributed by atoms with Crippen LogP contribution in [0.3, 0.4) is 0 Å². The highest BCUT2D eigenvalue weighted by Gasteiger charge is 2.24. The van der Waals surface area contributed by atoms with Crippen LogP contribution in [0, 0.1) is 17.8 Å². The fraction of sp³-hybridized carbons (Fsp3) is 0.391. The van der Waals surface area contributed by atoms with E-state index in [1.54, 1.807) is 36.6 Å². The minimum atomic E-state index is -0.689. The Bertz CT molecular complexity index is 1960. The molecule has 2 atom stereocenters. The number of allylic oxidation sites excluding steroid dienone is 5. The normalized spacial score (nSPS) is 15.8. The van der Waals surface area contributed by atoms with Crippen LogP contribution in [0.25, 0.3) is 0 Å². The van der Waals surface area contributed by atoms with E-state index in [2.05, 4.69) is 30.7 Å². The summed E-state index contributed by atoms with van der Waals surface area (Å²) >= 11 is 0. The number of fused-ring (bicyclic) bond motifs is 2. The number of nitrogens with two attached hydrogens (primary N) is 2. The molecule has 8 heteroatoms. The number of phenolic OH excluding ortho intramolecular Hbond substituents is 2. The van der Waals surface area contributed by atoms with Crippen molar-refractivity contribution < 1.29 is 24.9 Å². The van der Waals surface area contributed by atoms with Crippen LogP contribution in [-0.4, -0.2) is 28.3 Å². The molecule has 0 saturated heterocycles. The van der Waals surface area contributed by atoms with Gasteiger partial charge < -0.3 is 31.5 Å². The predicted octanol–water partition coefficient (Wildman–Crippen LogP) is 7.94. The number of unbranched alkanes of at least 4 members (excludes halogenated alkanes) is 3. The third kappa shape index (κ3) is 11.2. The molecule has 0 unspecified atom stereocenters. The number of aliphatic imine (C=N–C) groups is 1. The number of phenols is 2. The summed E-state index contributed by atoms with van der Waals surface area (Å²) in [6.45, 7) is 4.80. The van der Waals surface area contributed by atoms with Crippen LogP contribution >= 0.6 is 0 Å². The highest BCUT2D eigenvalue weighted by Crippen LogP contribution is 2.39. The van der Waals surface area contributed by atoms with Crippen molar-refractivity contribution in [2.45, 2.75) is 103 Å². The van der Waals surface area contributed by atoms with Crippen molar-refractivity contribution in [2.75, 3.05) is 6.61 Å². The predicted molar refractivity (Wildman–Crippen MR) is 214 cm³/mol. The lowest BCUT2D eigenvalue weighted by Gasteiger charge is -2.27. The van der Waals surface area contributed by atoms with E-state index in [4.69, 9.17) is 16.2 Å². The van der Waals surface area contributed by atoms with Gasteiger partial charge in [-0.3, -0.25) is 9.79 Å². The van der Waals surface area contributed by atoms with Crippen molar-refractivity contribution >= 4 is 11.5 Å². The molecule has 1 aliphatic carbocycles. The maximum Gasteiger partial charge on any atom is 0.161 e. The van der Waals surface area contributed by atoms with Crippen LogP contribution < -0.4 is 21.3 Å². The molecule has 0 fully saturated rings. The van der Waals surface area contributed by atoms with Gasteiger partial charge in [0.15, 0.2) is 17.3 Å². The second-order valence-electron chi connectivity index (χ2n) is 14.5. The van der Waals surface area contributed by atoms with E-state index >= 15 is 0 Å². The van der Waals surface area contributed by atoms with E-state index in [-0.39, 0.29) is 36.1 Å². The van der Waals surface area contributed by atoms with E-state index in [1.807, 2.05) is 42.5 Å². The summed E-state index contributed by atoms with van der Waals surface area (Å²) < 4.78 is 6.04. The maximum absolute atomic E-state index is 13.7. The lowest BCUT2D eigenvalue weighted by molar-refractivity contribution is -0.307. The van der Waals surface area contributed by atoms with Gasteiger partial charge >= 0.3 is 0 Å². The number of hydrogen-bond acceptors (Lipinski definition) is 8. The molecule has 0 saturated carbocycles. The summed E-state index contributed by atoms with van der Waals surface area (Å²) in [6, 6.07) is 16.1. The Morgan fingerprint density at radius 3 is 2.57 bits per heavy atom. The van der Waals surface area contributed by atoms with Crippen molar-refractivity contribution in [3.05, 3.63) is 124 Å².